The van der Waals surface area contributed by atoms with Crippen LogP contribution in [0.15, 0.2) is 22.6 Å². The first-order chi connectivity index (χ1) is 10.2. The quantitative estimate of drug-likeness (QED) is 0.876. The van der Waals surface area contributed by atoms with Crippen LogP contribution in [0.3, 0.4) is 0 Å². The monoisotopic (exact) mass is 323 g/mol. The van der Waals surface area contributed by atoms with Crippen LogP contribution in [0.1, 0.15) is 43.3 Å². The molecule has 0 radical (unpaired) electrons. The summed E-state index contributed by atoms with van der Waals surface area (Å²) in [5.74, 6) is 0.0635. The van der Waals surface area contributed by atoms with E-state index >= 15 is 0 Å². The fraction of sp³-hybridized carbons (Fsp3) is 0.471. The normalized spacial score (nSPS) is 13.4. The Kier molecular flexibility index (Phi) is 4.83. The first-order valence-corrected chi connectivity index (χ1v) is 7.72. The van der Waals surface area contributed by atoms with E-state index in [1.165, 1.54) is 0 Å². The molecule has 2 N–H and O–H groups in total. The van der Waals surface area contributed by atoms with E-state index in [1.807, 2.05) is 20.8 Å². The summed E-state index contributed by atoms with van der Waals surface area (Å²) in [6.07, 6.45) is 0.212. The third-order valence-electron chi connectivity index (χ3n) is 3.68. The molecule has 1 aromatic carbocycles. The van der Waals surface area contributed by atoms with Gasteiger partial charge < -0.3 is 14.8 Å². The molecule has 120 valence electrons. The fourth-order valence-electron chi connectivity index (χ4n) is 2.68. The molecule has 22 heavy (non-hydrogen) atoms. The maximum atomic E-state index is 12.4. The number of hydrogen-bond donors (Lipinski definition) is 2. The molecule has 1 heterocycles. The van der Waals surface area contributed by atoms with Gasteiger partial charge >= 0.3 is 0 Å². The number of aryl methyl sites for hydroxylation is 1. The van der Waals surface area contributed by atoms with Crippen molar-refractivity contribution in [3.8, 4) is 0 Å². The molecular formula is C17H22ClNO3. The minimum atomic E-state index is -0.401. The van der Waals surface area contributed by atoms with Gasteiger partial charge in [-0.15, -0.1) is 0 Å². The minimum absolute atomic E-state index is 0.187. The maximum Gasteiger partial charge on any atom is 0.287 e. The SMILES string of the molecule is Cc1c(C(=O)NCC(C)(C)CC(C)O)oc2ccc(Cl)cc12. The Morgan fingerprint density at radius 2 is 2.14 bits per heavy atom. The second-order valence-electron chi connectivity index (χ2n) is 6.60. The summed E-state index contributed by atoms with van der Waals surface area (Å²) in [5.41, 5.74) is 1.24. The summed E-state index contributed by atoms with van der Waals surface area (Å²) in [6, 6.07) is 5.29. The molecule has 0 saturated heterocycles. The number of amides is 1. The highest BCUT2D eigenvalue weighted by atomic mass is 35.5. The molecule has 1 amide bonds. The van der Waals surface area contributed by atoms with Crippen molar-refractivity contribution in [1.29, 1.82) is 0 Å². The van der Waals surface area contributed by atoms with Gasteiger partial charge in [0.05, 0.1) is 6.10 Å². The number of hydrogen-bond acceptors (Lipinski definition) is 3. The van der Waals surface area contributed by atoms with E-state index in [0.717, 1.165) is 10.9 Å². The molecule has 0 aliphatic rings. The first kappa shape index (κ1) is 16.8. The maximum absolute atomic E-state index is 12.4. The molecule has 0 aliphatic heterocycles. The van der Waals surface area contributed by atoms with Gasteiger partial charge in [0.25, 0.3) is 5.91 Å². The highest BCUT2D eigenvalue weighted by molar-refractivity contribution is 6.31. The first-order valence-electron chi connectivity index (χ1n) is 7.34. The molecule has 4 nitrogen and oxygen atoms in total. The van der Waals surface area contributed by atoms with Crippen LogP contribution in [-0.4, -0.2) is 23.7 Å². The van der Waals surface area contributed by atoms with Crippen LogP contribution in [0.5, 0.6) is 0 Å². The van der Waals surface area contributed by atoms with Crippen LogP contribution < -0.4 is 5.32 Å². The molecular weight excluding hydrogens is 302 g/mol. The standard InChI is InChI=1S/C17H22ClNO3/c1-10(20)8-17(3,4)9-19-16(21)15-11(2)13-7-12(18)5-6-14(13)22-15/h5-7,10,20H,8-9H2,1-4H3,(H,19,21). The Bertz CT molecular complexity index is 689. The molecule has 1 aromatic heterocycles. The van der Waals surface area contributed by atoms with Crippen molar-refractivity contribution in [1.82, 2.24) is 5.32 Å². The number of fused-ring (bicyclic) bond motifs is 1. The zero-order valence-corrected chi connectivity index (χ0v) is 14.1. The zero-order chi connectivity index (χ0) is 16.5. The molecule has 2 rings (SSSR count). The summed E-state index contributed by atoms with van der Waals surface area (Å²) in [4.78, 5) is 12.4. The number of rotatable bonds is 5. The molecule has 0 saturated carbocycles. The molecule has 1 atom stereocenters. The molecule has 1 unspecified atom stereocenters. The number of aliphatic hydroxyl groups is 1. The van der Waals surface area contributed by atoms with Crippen LogP contribution in [0.2, 0.25) is 5.02 Å². The van der Waals surface area contributed by atoms with E-state index in [2.05, 4.69) is 5.32 Å². The summed E-state index contributed by atoms with van der Waals surface area (Å²) in [5, 5.41) is 13.8. The van der Waals surface area contributed by atoms with Crippen LogP contribution >= 0.6 is 11.6 Å². The van der Waals surface area contributed by atoms with Crippen molar-refractivity contribution in [2.24, 2.45) is 5.41 Å². The van der Waals surface area contributed by atoms with Gasteiger partial charge in [0.1, 0.15) is 5.58 Å². The lowest BCUT2D eigenvalue weighted by Crippen LogP contribution is -2.35. The Morgan fingerprint density at radius 3 is 2.77 bits per heavy atom. The van der Waals surface area contributed by atoms with Gasteiger partial charge in [0.2, 0.25) is 0 Å². The summed E-state index contributed by atoms with van der Waals surface area (Å²) in [6.45, 7) is 8.07. The summed E-state index contributed by atoms with van der Waals surface area (Å²) in [7, 11) is 0. The Balaban J connectivity index is 2.15. The fourth-order valence-corrected chi connectivity index (χ4v) is 2.85. The van der Waals surface area contributed by atoms with Crippen molar-refractivity contribution in [2.45, 2.75) is 40.2 Å². The Labute approximate surface area is 135 Å². The predicted octanol–water partition coefficient (Wildman–Crippen LogP) is 3.92. The van der Waals surface area contributed by atoms with Crippen molar-refractivity contribution in [3.63, 3.8) is 0 Å². The van der Waals surface area contributed by atoms with Gasteiger partial charge in [-0.1, -0.05) is 25.4 Å². The van der Waals surface area contributed by atoms with Crippen LogP contribution in [-0.2, 0) is 0 Å². The number of nitrogens with one attached hydrogen (secondary N) is 1. The van der Waals surface area contributed by atoms with Crippen LogP contribution in [0.4, 0.5) is 0 Å². The second-order valence-corrected chi connectivity index (χ2v) is 7.03. The number of benzene rings is 1. The molecule has 0 bridgehead atoms. The second kappa shape index (κ2) is 6.31. The number of halogens is 1. The van der Waals surface area contributed by atoms with Crippen molar-refractivity contribution < 1.29 is 14.3 Å². The predicted molar refractivity (Wildman–Crippen MR) is 88.4 cm³/mol. The van der Waals surface area contributed by atoms with Gasteiger partial charge in [-0.2, -0.15) is 0 Å². The number of carbonyl (C=O) groups excluding carboxylic acids is 1. The van der Waals surface area contributed by atoms with E-state index in [1.54, 1.807) is 25.1 Å². The van der Waals surface area contributed by atoms with Crippen molar-refractivity contribution in [3.05, 3.63) is 34.5 Å². The van der Waals surface area contributed by atoms with Crippen LogP contribution in [0, 0.1) is 12.3 Å². The lowest BCUT2D eigenvalue weighted by molar-refractivity contribution is 0.0877. The van der Waals surface area contributed by atoms with E-state index < -0.39 is 6.10 Å². The van der Waals surface area contributed by atoms with E-state index in [9.17, 15) is 9.90 Å². The van der Waals surface area contributed by atoms with E-state index in [0.29, 0.717) is 29.3 Å². The van der Waals surface area contributed by atoms with Gasteiger partial charge in [-0.05, 0) is 43.9 Å². The van der Waals surface area contributed by atoms with Crippen molar-refractivity contribution in [2.75, 3.05) is 6.54 Å². The van der Waals surface area contributed by atoms with Gasteiger partial charge in [0, 0.05) is 22.5 Å². The summed E-state index contributed by atoms with van der Waals surface area (Å²) >= 11 is 5.98. The third kappa shape index (κ3) is 3.81. The highest BCUT2D eigenvalue weighted by Gasteiger charge is 2.23. The van der Waals surface area contributed by atoms with E-state index in [4.69, 9.17) is 16.0 Å². The minimum Gasteiger partial charge on any atom is -0.451 e. The number of aliphatic hydroxyl groups excluding tert-OH is 1. The third-order valence-corrected chi connectivity index (χ3v) is 3.92. The average Bonchev–Trinajstić information content (AvgIpc) is 2.72. The number of carbonyl (C=O) groups is 1. The highest BCUT2D eigenvalue weighted by Crippen LogP contribution is 2.28. The Morgan fingerprint density at radius 1 is 1.45 bits per heavy atom. The molecule has 2 aromatic rings. The summed E-state index contributed by atoms with van der Waals surface area (Å²) < 4.78 is 5.64. The lowest BCUT2D eigenvalue weighted by atomic mass is 9.87. The topological polar surface area (TPSA) is 62.5 Å². The van der Waals surface area contributed by atoms with Gasteiger partial charge in [-0.25, -0.2) is 0 Å². The Hall–Kier alpha value is -1.52. The van der Waals surface area contributed by atoms with Crippen LogP contribution in [0.25, 0.3) is 11.0 Å². The zero-order valence-electron chi connectivity index (χ0n) is 13.4. The molecule has 5 heteroatoms. The average molecular weight is 324 g/mol. The van der Waals surface area contributed by atoms with Gasteiger partial charge in [0.15, 0.2) is 5.76 Å². The molecule has 0 fully saturated rings. The van der Waals surface area contributed by atoms with Gasteiger partial charge in [-0.3, -0.25) is 4.79 Å². The lowest BCUT2D eigenvalue weighted by Gasteiger charge is -2.26. The van der Waals surface area contributed by atoms with Crippen molar-refractivity contribution >= 4 is 28.5 Å². The smallest absolute Gasteiger partial charge is 0.287 e. The molecule has 0 aliphatic carbocycles. The molecule has 0 spiro atoms. The van der Waals surface area contributed by atoms with E-state index in [-0.39, 0.29) is 11.3 Å². The number of furan rings is 1. The largest absolute Gasteiger partial charge is 0.451 e.